The number of benzene rings is 1. The van der Waals surface area contributed by atoms with Gasteiger partial charge in [0.15, 0.2) is 11.6 Å². The van der Waals surface area contributed by atoms with E-state index in [0.29, 0.717) is 34.7 Å². The standard InChI is InChI=1S/C16H14ClFN6/c17-11-3-6-13(20-8-11)24-16-14(19)15(22-9-23-16)21-7-10-1-4-12(18)5-2-10/h1-6,8-9H,7,19H2,(H2,20,21,22,23,24). The maximum atomic E-state index is 12.9. The van der Waals surface area contributed by atoms with E-state index >= 15 is 0 Å². The molecule has 0 saturated heterocycles. The fourth-order valence-corrected chi connectivity index (χ4v) is 2.11. The lowest BCUT2D eigenvalue weighted by molar-refractivity contribution is 0.627. The van der Waals surface area contributed by atoms with Crippen LogP contribution in [0, 0.1) is 5.82 Å². The summed E-state index contributed by atoms with van der Waals surface area (Å²) in [7, 11) is 0. The zero-order valence-corrected chi connectivity index (χ0v) is 13.3. The summed E-state index contributed by atoms with van der Waals surface area (Å²) in [6.45, 7) is 0.458. The lowest BCUT2D eigenvalue weighted by Gasteiger charge is -2.12. The summed E-state index contributed by atoms with van der Waals surface area (Å²) in [5.74, 6) is 1.20. The highest BCUT2D eigenvalue weighted by Gasteiger charge is 2.09. The van der Waals surface area contributed by atoms with Crippen molar-refractivity contribution < 1.29 is 4.39 Å². The normalized spacial score (nSPS) is 10.4. The zero-order chi connectivity index (χ0) is 16.9. The van der Waals surface area contributed by atoms with Gasteiger partial charge >= 0.3 is 0 Å². The van der Waals surface area contributed by atoms with E-state index in [-0.39, 0.29) is 5.82 Å². The van der Waals surface area contributed by atoms with Crippen LogP contribution < -0.4 is 16.4 Å². The first-order valence-corrected chi connectivity index (χ1v) is 7.47. The predicted molar refractivity (Wildman–Crippen MR) is 92.7 cm³/mol. The number of nitrogens with two attached hydrogens (primary N) is 1. The number of pyridine rings is 1. The molecular formula is C16H14ClFN6. The lowest BCUT2D eigenvalue weighted by Crippen LogP contribution is -2.08. The molecule has 0 aliphatic rings. The minimum atomic E-state index is -0.276. The van der Waals surface area contributed by atoms with Crippen LogP contribution in [-0.4, -0.2) is 15.0 Å². The third-order valence-corrected chi connectivity index (χ3v) is 3.45. The molecule has 0 saturated carbocycles. The summed E-state index contributed by atoms with van der Waals surface area (Å²) < 4.78 is 12.9. The molecule has 0 spiro atoms. The van der Waals surface area contributed by atoms with E-state index in [4.69, 9.17) is 17.3 Å². The van der Waals surface area contributed by atoms with Crippen molar-refractivity contribution in [1.82, 2.24) is 15.0 Å². The Kier molecular flexibility index (Phi) is 4.72. The first kappa shape index (κ1) is 15.9. The third-order valence-electron chi connectivity index (χ3n) is 3.23. The highest BCUT2D eigenvalue weighted by atomic mass is 35.5. The molecule has 0 aliphatic carbocycles. The van der Waals surface area contributed by atoms with E-state index in [0.717, 1.165) is 5.56 Å². The molecule has 4 N–H and O–H groups in total. The molecule has 24 heavy (non-hydrogen) atoms. The molecule has 0 atom stereocenters. The highest BCUT2D eigenvalue weighted by Crippen LogP contribution is 2.25. The Bertz CT molecular complexity index is 823. The van der Waals surface area contributed by atoms with E-state index in [1.165, 1.54) is 24.7 Å². The quantitative estimate of drug-likeness (QED) is 0.655. The van der Waals surface area contributed by atoms with Crippen LogP contribution in [0.3, 0.4) is 0 Å². The first-order chi connectivity index (χ1) is 11.6. The van der Waals surface area contributed by atoms with Crippen LogP contribution in [0.2, 0.25) is 5.02 Å². The molecule has 122 valence electrons. The summed E-state index contributed by atoms with van der Waals surface area (Å²) in [5, 5.41) is 6.65. The van der Waals surface area contributed by atoms with E-state index in [1.807, 2.05) is 0 Å². The van der Waals surface area contributed by atoms with Crippen LogP contribution in [0.1, 0.15) is 5.56 Å². The molecule has 0 radical (unpaired) electrons. The summed E-state index contributed by atoms with van der Waals surface area (Å²) in [4.78, 5) is 12.4. The molecule has 0 bridgehead atoms. The Morgan fingerprint density at radius 2 is 1.75 bits per heavy atom. The largest absolute Gasteiger partial charge is 0.393 e. The van der Waals surface area contributed by atoms with Crippen molar-refractivity contribution in [3.8, 4) is 0 Å². The number of anilines is 4. The van der Waals surface area contributed by atoms with Gasteiger partial charge in [-0.1, -0.05) is 23.7 Å². The van der Waals surface area contributed by atoms with E-state index < -0.39 is 0 Å². The number of nitrogens with one attached hydrogen (secondary N) is 2. The van der Waals surface area contributed by atoms with Crippen molar-refractivity contribution in [3.63, 3.8) is 0 Å². The van der Waals surface area contributed by atoms with Crippen LogP contribution in [0.25, 0.3) is 0 Å². The van der Waals surface area contributed by atoms with Crippen molar-refractivity contribution in [2.45, 2.75) is 6.54 Å². The fraction of sp³-hybridized carbons (Fsp3) is 0.0625. The average molecular weight is 345 g/mol. The van der Waals surface area contributed by atoms with E-state index in [9.17, 15) is 4.39 Å². The van der Waals surface area contributed by atoms with Crippen molar-refractivity contribution in [2.24, 2.45) is 0 Å². The zero-order valence-electron chi connectivity index (χ0n) is 12.5. The number of nitrogen functional groups attached to an aromatic ring is 1. The van der Waals surface area contributed by atoms with Crippen LogP contribution >= 0.6 is 11.6 Å². The van der Waals surface area contributed by atoms with Gasteiger partial charge < -0.3 is 16.4 Å². The van der Waals surface area contributed by atoms with Crippen molar-refractivity contribution in [1.29, 1.82) is 0 Å². The summed E-state index contributed by atoms with van der Waals surface area (Å²) in [5.41, 5.74) is 7.35. The molecule has 3 aromatic rings. The second-order valence-electron chi connectivity index (χ2n) is 4.95. The topological polar surface area (TPSA) is 88.8 Å². The minimum Gasteiger partial charge on any atom is -0.393 e. The molecule has 2 heterocycles. The Morgan fingerprint density at radius 1 is 1.00 bits per heavy atom. The summed E-state index contributed by atoms with van der Waals surface area (Å²) in [6, 6.07) is 9.61. The Labute approximate surface area is 142 Å². The SMILES string of the molecule is Nc1c(NCc2ccc(F)cc2)ncnc1Nc1ccc(Cl)cn1. The minimum absolute atomic E-state index is 0.276. The van der Waals surface area contributed by atoms with Gasteiger partial charge in [-0.25, -0.2) is 19.3 Å². The first-order valence-electron chi connectivity index (χ1n) is 7.09. The number of nitrogens with zero attached hydrogens (tertiary/aromatic N) is 3. The summed E-state index contributed by atoms with van der Waals surface area (Å²) in [6.07, 6.45) is 2.91. The monoisotopic (exact) mass is 344 g/mol. The van der Waals surface area contributed by atoms with Gasteiger partial charge in [0.05, 0.1) is 5.02 Å². The lowest BCUT2D eigenvalue weighted by atomic mass is 10.2. The number of hydrogen-bond donors (Lipinski definition) is 3. The fourth-order valence-electron chi connectivity index (χ4n) is 2.00. The van der Waals surface area contributed by atoms with E-state index in [1.54, 1.807) is 24.3 Å². The maximum absolute atomic E-state index is 12.9. The number of aromatic nitrogens is 3. The number of hydrogen-bond acceptors (Lipinski definition) is 6. The second kappa shape index (κ2) is 7.10. The molecule has 1 aromatic carbocycles. The van der Waals surface area contributed by atoms with Crippen molar-refractivity contribution in [2.75, 3.05) is 16.4 Å². The van der Waals surface area contributed by atoms with Crippen LogP contribution in [0.5, 0.6) is 0 Å². The third kappa shape index (κ3) is 3.88. The van der Waals surface area contributed by atoms with Crippen molar-refractivity contribution in [3.05, 3.63) is 65.3 Å². The molecule has 3 rings (SSSR count). The van der Waals surface area contributed by atoms with E-state index in [2.05, 4.69) is 25.6 Å². The van der Waals surface area contributed by atoms with Gasteiger partial charge in [-0.15, -0.1) is 0 Å². The number of halogens is 2. The Hall–Kier alpha value is -2.93. The molecule has 6 nitrogen and oxygen atoms in total. The average Bonchev–Trinajstić information content (AvgIpc) is 2.59. The van der Waals surface area contributed by atoms with Gasteiger partial charge in [-0.3, -0.25) is 0 Å². The molecule has 2 aromatic heterocycles. The number of rotatable bonds is 5. The van der Waals surface area contributed by atoms with Gasteiger partial charge in [0.2, 0.25) is 0 Å². The van der Waals surface area contributed by atoms with Gasteiger partial charge in [-0.2, -0.15) is 0 Å². The van der Waals surface area contributed by atoms with Gasteiger partial charge in [0.25, 0.3) is 0 Å². The smallest absolute Gasteiger partial charge is 0.160 e. The predicted octanol–water partition coefficient (Wildman–Crippen LogP) is 3.60. The van der Waals surface area contributed by atoms with Crippen molar-refractivity contribution >= 4 is 34.7 Å². The van der Waals surface area contributed by atoms with Crippen LogP contribution in [0.4, 0.5) is 27.5 Å². The Morgan fingerprint density at radius 3 is 2.46 bits per heavy atom. The molecule has 0 aliphatic heterocycles. The van der Waals surface area contributed by atoms with Crippen LogP contribution in [0.15, 0.2) is 48.9 Å². The van der Waals surface area contributed by atoms with Gasteiger partial charge in [-0.05, 0) is 29.8 Å². The molecule has 0 amide bonds. The highest BCUT2D eigenvalue weighted by molar-refractivity contribution is 6.30. The maximum Gasteiger partial charge on any atom is 0.160 e. The second-order valence-corrected chi connectivity index (χ2v) is 5.39. The summed E-state index contributed by atoms with van der Waals surface area (Å²) >= 11 is 5.81. The molecule has 0 unspecified atom stereocenters. The molecular weight excluding hydrogens is 331 g/mol. The van der Waals surface area contributed by atoms with Gasteiger partial charge in [0, 0.05) is 12.7 Å². The van der Waals surface area contributed by atoms with Gasteiger partial charge in [0.1, 0.15) is 23.6 Å². The molecule has 8 heteroatoms. The molecule has 0 fully saturated rings. The van der Waals surface area contributed by atoms with Crippen LogP contribution in [-0.2, 0) is 6.54 Å². The Balaban J connectivity index is 1.72.